The van der Waals surface area contributed by atoms with E-state index in [1.807, 2.05) is 32.0 Å². The van der Waals surface area contributed by atoms with Crippen LogP contribution in [-0.4, -0.2) is 18.2 Å². The van der Waals surface area contributed by atoms with Gasteiger partial charge in [-0.05, 0) is 31.4 Å². The van der Waals surface area contributed by atoms with Crippen molar-refractivity contribution in [3.8, 4) is 5.75 Å². The number of aliphatic carboxylic acids is 1. The van der Waals surface area contributed by atoms with Crippen LogP contribution in [-0.2, 0) is 11.2 Å². The molecule has 0 aliphatic heterocycles. The zero-order valence-corrected chi connectivity index (χ0v) is 10.7. The molecule has 0 amide bonds. The van der Waals surface area contributed by atoms with Crippen LogP contribution in [0.1, 0.15) is 30.9 Å². The molecule has 0 saturated carbocycles. The van der Waals surface area contributed by atoms with E-state index < -0.39 is 5.97 Å². The maximum absolute atomic E-state index is 11.1. The predicted molar refractivity (Wildman–Crippen MR) is 67.5 cm³/mol. The summed E-state index contributed by atoms with van der Waals surface area (Å²) in [4.78, 5) is 11.1. The molecule has 0 radical (unpaired) electrons. The number of rotatable bonds is 6. The lowest BCUT2D eigenvalue weighted by atomic mass is 9.94. The van der Waals surface area contributed by atoms with Gasteiger partial charge in [0.05, 0.1) is 13.0 Å². The van der Waals surface area contributed by atoms with E-state index in [1.165, 1.54) is 0 Å². The third-order valence-electron chi connectivity index (χ3n) is 2.89. The van der Waals surface area contributed by atoms with Crippen molar-refractivity contribution < 1.29 is 14.6 Å². The standard InChI is InChI=1S/C14H20O3/c1-4-5-11(14(15)16)9-12-8-10(2)6-7-13(12)17-3/h6-8,11H,4-5,9H2,1-3H3,(H,15,16). The first-order valence-electron chi connectivity index (χ1n) is 5.94. The van der Waals surface area contributed by atoms with Gasteiger partial charge in [-0.1, -0.05) is 31.0 Å². The van der Waals surface area contributed by atoms with Crippen LogP contribution in [0.5, 0.6) is 5.75 Å². The summed E-state index contributed by atoms with van der Waals surface area (Å²) in [5.41, 5.74) is 2.11. The number of carboxylic acid groups (broad SMARTS) is 1. The number of carboxylic acids is 1. The van der Waals surface area contributed by atoms with E-state index in [0.29, 0.717) is 12.8 Å². The highest BCUT2D eigenvalue weighted by Gasteiger charge is 2.18. The van der Waals surface area contributed by atoms with Gasteiger partial charge in [0.25, 0.3) is 0 Å². The summed E-state index contributed by atoms with van der Waals surface area (Å²) in [6, 6.07) is 5.87. The fourth-order valence-electron chi connectivity index (χ4n) is 1.99. The van der Waals surface area contributed by atoms with E-state index in [-0.39, 0.29) is 5.92 Å². The Labute approximate surface area is 102 Å². The van der Waals surface area contributed by atoms with Crippen molar-refractivity contribution in [2.45, 2.75) is 33.1 Å². The Morgan fingerprint density at radius 2 is 2.18 bits per heavy atom. The molecule has 0 fully saturated rings. The van der Waals surface area contributed by atoms with Crippen LogP contribution in [0.3, 0.4) is 0 Å². The summed E-state index contributed by atoms with van der Waals surface area (Å²) >= 11 is 0. The Kier molecular flexibility index (Phi) is 5.01. The maximum atomic E-state index is 11.1. The minimum Gasteiger partial charge on any atom is -0.496 e. The molecule has 3 heteroatoms. The third kappa shape index (κ3) is 3.77. The fraction of sp³-hybridized carbons (Fsp3) is 0.500. The molecular weight excluding hydrogens is 216 g/mol. The first-order valence-corrected chi connectivity index (χ1v) is 5.94. The van der Waals surface area contributed by atoms with Gasteiger partial charge in [-0.15, -0.1) is 0 Å². The molecule has 1 aromatic rings. The van der Waals surface area contributed by atoms with Gasteiger partial charge in [-0.25, -0.2) is 0 Å². The van der Waals surface area contributed by atoms with Crippen LogP contribution in [0.4, 0.5) is 0 Å². The molecule has 0 aliphatic carbocycles. The molecule has 1 aromatic carbocycles. The van der Waals surface area contributed by atoms with E-state index in [2.05, 4.69) is 0 Å². The van der Waals surface area contributed by atoms with Gasteiger partial charge >= 0.3 is 5.97 Å². The van der Waals surface area contributed by atoms with Crippen LogP contribution in [0, 0.1) is 12.8 Å². The highest BCUT2D eigenvalue weighted by molar-refractivity contribution is 5.70. The molecule has 1 rings (SSSR count). The molecule has 0 bridgehead atoms. The van der Waals surface area contributed by atoms with Crippen molar-refractivity contribution in [1.29, 1.82) is 0 Å². The van der Waals surface area contributed by atoms with Gasteiger partial charge in [0.1, 0.15) is 5.75 Å². The molecule has 0 aliphatic rings. The van der Waals surface area contributed by atoms with Gasteiger partial charge in [0, 0.05) is 0 Å². The van der Waals surface area contributed by atoms with Crippen molar-refractivity contribution in [2.75, 3.05) is 7.11 Å². The van der Waals surface area contributed by atoms with Crippen LogP contribution >= 0.6 is 0 Å². The summed E-state index contributed by atoms with van der Waals surface area (Å²) in [6.45, 7) is 4.00. The number of hydrogen-bond donors (Lipinski definition) is 1. The van der Waals surface area contributed by atoms with Crippen LogP contribution in [0.2, 0.25) is 0 Å². The lowest BCUT2D eigenvalue weighted by Crippen LogP contribution is -2.16. The highest BCUT2D eigenvalue weighted by atomic mass is 16.5. The van der Waals surface area contributed by atoms with Crippen molar-refractivity contribution in [2.24, 2.45) is 5.92 Å². The average molecular weight is 236 g/mol. The normalized spacial score (nSPS) is 12.2. The SMILES string of the molecule is CCCC(Cc1cc(C)ccc1OC)C(=O)O. The summed E-state index contributed by atoms with van der Waals surface area (Å²) in [7, 11) is 1.61. The number of benzene rings is 1. The first-order chi connectivity index (χ1) is 8.08. The Hall–Kier alpha value is -1.51. The first kappa shape index (κ1) is 13.6. The lowest BCUT2D eigenvalue weighted by molar-refractivity contribution is -0.141. The Bertz CT molecular complexity index is 385. The second-order valence-electron chi connectivity index (χ2n) is 4.34. The minimum absolute atomic E-state index is 0.323. The van der Waals surface area contributed by atoms with Gasteiger partial charge in [-0.2, -0.15) is 0 Å². The summed E-state index contributed by atoms with van der Waals surface area (Å²) in [6.07, 6.45) is 2.12. The van der Waals surface area contributed by atoms with E-state index in [0.717, 1.165) is 23.3 Å². The summed E-state index contributed by atoms with van der Waals surface area (Å²) < 4.78 is 5.27. The molecule has 1 unspecified atom stereocenters. The monoisotopic (exact) mass is 236 g/mol. The second-order valence-corrected chi connectivity index (χ2v) is 4.34. The second kappa shape index (κ2) is 6.28. The molecule has 1 N–H and O–H groups in total. The van der Waals surface area contributed by atoms with Crippen LogP contribution in [0.25, 0.3) is 0 Å². The lowest BCUT2D eigenvalue weighted by Gasteiger charge is -2.14. The molecule has 3 nitrogen and oxygen atoms in total. The van der Waals surface area contributed by atoms with Gasteiger partial charge in [0.15, 0.2) is 0 Å². The van der Waals surface area contributed by atoms with Crippen molar-refractivity contribution in [3.05, 3.63) is 29.3 Å². The molecule has 0 saturated heterocycles. The quantitative estimate of drug-likeness (QED) is 0.825. The molecule has 94 valence electrons. The maximum Gasteiger partial charge on any atom is 0.306 e. The third-order valence-corrected chi connectivity index (χ3v) is 2.89. The molecule has 0 spiro atoms. The average Bonchev–Trinajstić information content (AvgIpc) is 2.28. The summed E-state index contributed by atoms with van der Waals surface area (Å²) in [5.74, 6) is -0.274. The van der Waals surface area contributed by atoms with Crippen molar-refractivity contribution in [3.63, 3.8) is 0 Å². The number of carbonyl (C=O) groups is 1. The minimum atomic E-state index is -0.726. The Morgan fingerprint density at radius 1 is 1.47 bits per heavy atom. The molecule has 0 heterocycles. The van der Waals surface area contributed by atoms with Gasteiger partial charge < -0.3 is 9.84 Å². The smallest absolute Gasteiger partial charge is 0.306 e. The Morgan fingerprint density at radius 3 is 2.71 bits per heavy atom. The van der Waals surface area contributed by atoms with Gasteiger partial charge in [-0.3, -0.25) is 4.79 Å². The summed E-state index contributed by atoms with van der Waals surface area (Å²) in [5, 5.41) is 9.16. The van der Waals surface area contributed by atoms with Crippen molar-refractivity contribution >= 4 is 5.97 Å². The predicted octanol–water partition coefficient (Wildman–Crippen LogP) is 3.05. The zero-order valence-electron chi connectivity index (χ0n) is 10.7. The van der Waals surface area contributed by atoms with Crippen LogP contribution in [0.15, 0.2) is 18.2 Å². The number of hydrogen-bond acceptors (Lipinski definition) is 2. The van der Waals surface area contributed by atoms with E-state index in [1.54, 1.807) is 7.11 Å². The topological polar surface area (TPSA) is 46.5 Å². The van der Waals surface area contributed by atoms with Crippen molar-refractivity contribution in [1.82, 2.24) is 0 Å². The molecule has 1 atom stereocenters. The van der Waals surface area contributed by atoms with Gasteiger partial charge in [0.2, 0.25) is 0 Å². The number of aryl methyl sites for hydroxylation is 1. The number of ether oxygens (including phenoxy) is 1. The molecule has 17 heavy (non-hydrogen) atoms. The Balaban J connectivity index is 2.91. The largest absolute Gasteiger partial charge is 0.496 e. The highest BCUT2D eigenvalue weighted by Crippen LogP contribution is 2.24. The van der Waals surface area contributed by atoms with E-state index >= 15 is 0 Å². The number of methoxy groups -OCH3 is 1. The van der Waals surface area contributed by atoms with E-state index in [9.17, 15) is 4.79 Å². The molecular formula is C14H20O3. The fourth-order valence-corrected chi connectivity index (χ4v) is 1.99. The van der Waals surface area contributed by atoms with E-state index in [4.69, 9.17) is 9.84 Å². The van der Waals surface area contributed by atoms with Crippen LogP contribution < -0.4 is 4.74 Å². The zero-order chi connectivity index (χ0) is 12.8. The molecule has 0 aromatic heterocycles.